The van der Waals surface area contributed by atoms with Crippen LogP contribution in [0.2, 0.25) is 5.02 Å². The quantitative estimate of drug-likeness (QED) is 0.555. The summed E-state index contributed by atoms with van der Waals surface area (Å²) in [5.74, 6) is 0.979. The van der Waals surface area contributed by atoms with Crippen LogP contribution in [-0.2, 0) is 6.54 Å². The number of aromatic nitrogens is 4. The van der Waals surface area contributed by atoms with E-state index in [9.17, 15) is 0 Å². The van der Waals surface area contributed by atoms with Crippen molar-refractivity contribution in [2.75, 3.05) is 31.1 Å². The molecule has 8 heteroatoms. The number of aryl methyl sites for hydroxylation is 1. The molecule has 1 atom stereocenters. The van der Waals surface area contributed by atoms with Gasteiger partial charge in [-0.25, -0.2) is 4.68 Å². The summed E-state index contributed by atoms with van der Waals surface area (Å²) in [5, 5.41) is 15.6. The third-order valence-corrected chi connectivity index (χ3v) is 6.67. The van der Waals surface area contributed by atoms with Crippen molar-refractivity contribution in [3.8, 4) is 0 Å². The fourth-order valence-electron chi connectivity index (χ4n) is 4.06. The molecule has 0 aliphatic carbocycles. The Morgan fingerprint density at radius 2 is 2.00 bits per heavy atom. The minimum absolute atomic E-state index is 0.248. The van der Waals surface area contributed by atoms with Gasteiger partial charge in [-0.1, -0.05) is 37.1 Å². The van der Waals surface area contributed by atoms with Gasteiger partial charge in [-0.15, -0.1) is 16.4 Å². The number of rotatable bonds is 7. The number of piperazine rings is 1. The highest BCUT2D eigenvalue weighted by Gasteiger charge is 2.29. The van der Waals surface area contributed by atoms with Crippen LogP contribution in [0, 0.1) is 6.92 Å². The average molecular weight is 431 g/mol. The first-order valence-electron chi connectivity index (χ1n) is 10.2. The van der Waals surface area contributed by atoms with Crippen LogP contribution in [0.1, 0.15) is 42.1 Å². The van der Waals surface area contributed by atoms with Crippen molar-refractivity contribution in [1.29, 1.82) is 0 Å². The van der Waals surface area contributed by atoms with E-state index in [1.165, 1.54) is 16.1 Å². The predicted molar refractivity (Wildman–Crippen MR) is 119 cm³/mol. The van der Waals surface area contributed by atoms with E-state index in [0.717, 1.165) is 56.4 Å². The van der Waals surface area contributed by atoms with Crippen molar-refractivity contribution < 1.29 is 0 Å². The molecule has 1 fully saturated rings. The molecule has 4 rings (SSSR count). The minimum Gasteiger partial charge on any atom is -0.369 e. The Balaban J connectivity index is 1.48. The number of nitrogens with zero attached hydrogens (tertiary/aromatic N) is 6. The normalized spacial score (nSPS) is 16.3. The van der Waals surface area contributed by atoms with Crippen molar-refractivity contribution in [2.24, 2.45) is 0 Å². The summed E-state index contributed by atoms with van der Waals surface area (Å²) in [6, 6.07) is 10.6. The van der Waals surface area contributed by atoms with Crippen molar-refractivity contribution in [2.45, 2.75) is 39.3 Å². The molecule has 154 valence electrons. The van der Waals surface area contributed by atoms with Crippen LogP contribution in [0.15, 0.2) is 35.7 Å². The van der Waals surface area contributed by atoms with Gasteiger partial charge >= 0.3 is 0 Å². The van der Waals surface area contributed by atoms with Gasteiger partial charge in [0, 0.05) is 41.8 Å². The molecule has 6 nitrogen and oxygen atoms in total. The fourth-order valence-corrected chi connectivity index (χ4v) is 4.91. The molecule has 3 heterocycles. The summed E-state index contributed by atoms with van der Waals surface area (Å²) >= 11 is 7.98. The lowest BCUT2D eigenvalue weighted by Crippen LogP contribution is -2.48. The molecule has 0 radical (unpaired) electrons. The van der Waals surface area contributed by atoms with E-state index in [2.05, 4.69) is 68.8 Å². The lowest BCUT2D eigenvalue weighted by molar-refractivity contribution is 0.164. The second-order valence-electron chi connectivity index (χ2n) is 7.53. The molecule has 1 aliphatic heterocycles. The number of hydrogen-bond acceptors (Lipinski definition) is 6. The third kappa shape index (κ3) is 4.63. The Bertz CT molecular complexity index is 917. The van der Waals surface area contributed by atoms with E-state index in [-0.39, 0.29) is 6.04 Å². The smallest absolute Gasteiger partial charge is 0.168 e. The van der Waals surface area contributed by atoms with Gasteiger partial charge < -0.3 is 4.90 Å². The monoisotopic (exact) mass is 430 g/mol. The molecule has 1 aliphatic rings. The standard InChI is InChI=1S/C21H27ClN6S/c1-3-5-19(21-23-24-25-28(21)15-18-6-4-13-29-18)26-9-11-27(12-10-26)20-14-17(22)8-7-16(20)2/h4,6-8,13-14,19H,3,5,9-12,15H2,1-2H3. The zero-order valence-electron chi connectivity index (χ0n) is 17.0. The van der Waals surface area contributed by atoms with Crippen LogP contribution >= 0.6 is 22.9 Å². The molecule has 1 saturated heterocycles. The highest BCUT2D eigenvalue weighted by atomic mass is 35.5. The van der Waals surface area contributed by atoms with E-state index in [0.29, 0.717) is 0 Å². The second kappa shape index (κ2) is 9.24. The SMILES string of the molecule is CCCC(c1nnnn1Cc1cccs1)N1CCN(c2cc(Cl)ccc2C)CC1. The molecule has 2 aromatic heterocycles. The number of hydrogen-bond donors (Lipinski definition) is 0. The van der Waals surface area contributed by atoms with Crippen molar-refractivity contribution in [3.63, 3.8) is 0 Å². The van der Waals surface area contributed by atoms with Gasteiger partial charge in [-0.3, -0.25) is 4.90 Å². The van der Waals surface area contributed by atoms with E-state index in [1.807, 2.05) is 10.7 Å². The van der Waals surface area contributed by atoms with Gasteiger partial charge in [0.25, 0.3) is 0 Å². The lowest BCUT2D eigenvalue weighted by atomic mass is 10.1. The van der Waals surface area contributed by atoms with Gasteiger partial charge in [0.05, 0.1) is 12.6 Å². The lowest BCUT2D eigenvalue weighted by Gasteiger charge is -2.40. The molecule has 3 aromatic rings. The maximum Gasteiger partial charge on any atom is 0.168 e. The summed E-state index contributed by atoms with van der Waals surface area (Å²) in [6.45, 7) is 9.05. The molecule has 1 unspecified atom stereocenters. The summed E-state index contributed by atoms with van der Waals surface area (Å²) in [6.07, 6.45) is 2.16. The van der Waals surface area contributed by atoms with E-state index in [1.54, 1.807) is 11.3 Å². The number of halogens is 1. The first kappa shape index (κ1) is 20.3. The van der Waals surface area contributed by atoms with Gasteiger partial charge in [-0.2, -0.15) is 0 Å². The van der Waals surface area contributed by atoms with Crippen LogP contribution in [-0.4, -0.2) is 51.3 Å². The van der Waals surface area contributed by atoms with Gasteiger partial charge in [0.1, 0.15) is 0 Å². The Hall–Kier alpha value is -1.96. The summed E-state index contributed by atoms with van der Waals surface area (Å²) in [4.78, 5) is 6.25. The first-order chi connectivity index (χ1) is 14.2. The van der Waals surface area contributed by atoms with Crippen molar-refractivity contribution in [1.82, 2.24) is 25.1 Å². The van der Waals surface area contributed by atoms with Crippen LogP contribution < -0.4 is 4.90 Å². The second-order valence-corrected chi connectivity index (χ2v) is 9.00. The van der Waals surface area contributed by atoms with Gasteiger partial charge in [0.2, 0.25) is 0 Å². The zero-order valence-corrected chi connectivity index (χ0v) is 18.5. The highest BCUT2D eigenvalue weighted by Crippen LogP contribution is 2.29. The molecule has 0 bridgehead atoms. The molecule has 29 heavy (non-hydrogen) atoms. The van der Waals surface area contributed by atoms with Crippen LogP contribution in [0.3, 0.4) is 0 Å². The average Bonchev–Trinajstić information content (AvgIpc) is 3.41. The largest absolute Gasteiger partial charge is 0.369 e. The highest BCUT2D eigenvalue weighted by molar-refractivity contribution is 7.09. The van der Waals surface area contributed by atoms with Gasteiger partial charge in [0.15, 0.2) is 5.82 Å². The summed E-state index contributed by atoms with van der Waals surface area (Å²) in [5.41, 5.74) is 2.51. The Morgan fingerprint density at radius 3 is 2.72 bits per heavy atom. The number of tetrazole rings is 1. The molecule has 0 saturated carbocycles. The number of thiophene rings is 1. The zero-order chi connectivity index (χ0) is 20.2. The predicted octanol–water partition coefficient (Wildman–Crippen LogP) is 4.41. The Kier molecular flexibility index (Phi) is 6.47. The van der Waals surface area contributed by atoms with E-state index < -0.39 is 0 Å². The molecular weight excluding hydrogens is 404 g/mol. The maximum atomic E-state index is 6.24. The van der Waals surface area contributed by atoms with Gasteiger partial charge in [-0.05, 0) is 52.9 Å². The van der Waals surface area contributed by atoms with Crippen LogP contribution in [0.25, 0.3) is 0 Å². The maximum absolute atomic E-state index is 6.24. The van der Waals surface area contributed by atoms with Crippen LogP contribution in [0.4, 0.5) is 5.69 Å². The topological polar surface area (TPSA) is 50.1 Å². The number of anilines is 1. The molecule has 1 aromatic carbocycles. The molecule has 0 spiro atoms. The number of benzene rings is 1. The van der Waals surface area contributed by atoms with E-state index in [4.69, 9.17) is 11.6 Å². The molecule has 0 amide bonds. The van der Waals surface area contributed by atoms with Crippen molar-refractivity contribution in [3.05, 3.63) is 57.0 Å². The minimum atomic E-state index is 0.248. The Labute approximate surface area is 181 Å². The van der Waals surface area contributed by atoms with Crippen LogP contribution in [0.5, 0.6) is 0 Å². The summed E-state index contributed by atoms with van der Waals surface area (Å²) in [7, 11) is 0. The summed E-state index contributed by atoms with van der Waals surface area (Å²) < 4.78 is 1.97. The first-order valence-corrected chi connectivity index (χ1v) is 11.4. The molecule has 0 N–H and O–H groups in total. The Morgan fingerprint density at radius 1 is 1.17 bits per heavy atom. The fraction of sp³-hybridized carbons (Fsp3) is 0.476. The molecular formula is C21H27ClN6S. The van der Waals surface area contributed by atoms with E-state index >= 15 is 0 Å². The third-order valence-electron chi connectivity index (χ3n) is 5.57. The van der Waals surface area contributed by atoms with Crippen molar-refractivity contribution >= 4 is 28.6 Å².